The van der Waals surface area contributed by atoms with Crippen LogP contribution in [-0.2, 0) is 6.54 Å². The van der Waals surface area contributed by atoms with Gasteiger partial charge in [-0.15, -0.1) is 0 Å². The molecule has 1 heterocycles. The maximum absolute atomic E-state index is 11.6. The van der Waals surface area contributed by atoms with Crippen LogP contribution in [0.25, 0.3) is 0 Å². The van der Waals surface area contributed by atoms with Gasteiger partial charge in [-0.1, -0.05) is 6.07 Å². The number of carbonyl (C=O) groups is 2. The Labute approximate surface area is 124 Å². The van der Waals surface area contributed by atoms with Crippen molar-refractivity contribution >= 4 is 12.0 Å². The molecular weight excluding hydrogens is 272 g/mol. The summed E-state index contributed by atoms with van der Waals surface area (Å²) < 4.78 is 0. The second-order valence-corrected chi connectivity index (χ2v) is 5.04. The van der Waals surface area contributed by atoms with Crippen molar-refractivity contribution in [3.05, 3.63) is 29.6 Å². The van der Waals surface area contributed by atoms with Crippen molar-refractivity contribution in [2.24, 2.45) is 0 Å². The fourth-order valence-corrected chi connectivity index (χ4v) is 1.50. The highest BCUT2D eigenvalue weighted by Crippen LogP contribution is 2.00. The van der Waals surface area contributed by atoms with E-state index in [1.54, 1.807) is 6.07 Å². The predicted octanol–water partition coefficient (Wildman–Crippen LogP) is 0.919. The highest BCUT2D eigenvalue weighted by atomic mass is 16.4. The van der Waals surface area contributed by atoms with Gasteiger partial charge in [0, 0.05) is 31.9 Å². The van der Waals surface area contributed by atoms with Crippen LogP contribution in [0.15, 0.2) is 18.3 Å². The molecule has 0 bridgehead atoms. The van der Waals surface area contributed by atoms with Crippen molar-refractivity contribution in [2.75, 3.05) is 20.1 Å². The van der Waals surface area contributed by atoms with E-state index in [-0.39, 0.29) is 11.7 Å². The highest BCUT2D eigenvalue weighted by molar-refractivity contribution is 5.85. The molecule has 0 fully saturated rings. The third kappa shape index (κ3) is 6.22. The first-order valence-corrected chi connectivity index (χ1v) is 6.80. The Bertz CT molecular complexity index is 474. The predicted molar refractivity (Wildman–Crippen MR) is 79.2 cm³/mol. The van der Waals surface area contributed by atoms with E-state index in [9.17, 15) is 9.59 Å². The van der Waals surface area contributed by atoms with Crippen LogP contribution in [0.2, 0.25) is 0 Å². The summed E-state index contributed by atoms with van der Waals surface area (Å²) in [5.74, 6) is -1.07. The zero-order valence-corrected chi connectivity index (χ0v) is 12.6. The summed E-state index contributed by atoms with van der Waals surface area (Å²) in [6, 6.07) is 3.22. The number of aromatic carboxylic acids is 1. The smallest absolute Gasteiger partial charge is 0.354 e. The summed E-state index contributed by atoms with van der Waals surface area (Å²) in [4.78, 5) is 28.2. The number of urea groups is 1. The van der Waals surface area contributed by atoms with Crippen molar-refractivity contribution < 1.29 is 14.7 Å². The number of carbonyl (C=O) groups excluding carboxylic acids is 1. The minimum absolute atomic E-state index is 0.0140. The molecule has 116 valence electrons. The SMILES string of the molecule is CC(C)N(C)CCNC(=O)NCc1ccc(C(=O)O)nc1. The highest BCUT2D eigenvalue weighted by Gasteiger charge is 2.06. The Hall–Kier alpha value is -2.15. The van der Waals surface area contributed by atoms with Gasteiger partial charge >= 0.3 is 12.0 Å². The van der Waals surface area contributed by atoms with Crippen LogP contribution in [-0.4, -0.2) is 53.2 Å². The molecule has 7 nitrogen and oxygen atoms in total. The molecule has 0 saturated carbocycles. The molecule has 7 heteroatoms. The van der Waals surface area contributed by atoms with Crippen LogP contribution >= 0.6 is 0 Å². The third-order valence-corrected chi connectivity index (χ3v) is 3.13. The molecule has 0 aromatic carbocycles. The monoisotopic (exact) mass is 294 g/mol. The van der Waals surface area contributed by atoms with E-state index in [2.05, 4.69) is 34.4 Å². The minimum atomic E-state index is -1.07. The lowest BCUT2D eigenvalue weighted by molar-refractivity contribution is 0.0690. The number of hydrogen-bond acceptors (Lipinski definition) is 4. The molecule has 1 rings (SSSR count). The molecule has 0 aliphatic rings. The number of aromatic nitrogens is 1. The number of hydrogen-bond donors (Lipinski definition) is 3. The van der Waals surface area contributed by atoms with Crippen LogP contribution in [0.1, 0.15) is 29.9 Å². The van der Waals surface area contributed by atoms with Crippen molar-refractivity contribution in [1.82, 2.24) is 20.5 Å². The number of nitrogens with zero attached hydrogens (tertiary/aromatic N) is 2. The van der Waals surface area contributed by atoms with Crippen LogP contribution in [0.3, 0.4) is 0 Å². The summed E-state index contributed by atoms with van der Waals surface area (Å²) >= 11 is 0. The first-order chi connectivity index (χ1) is 9.90. The topological polar surface area (TPSA) is 94.6 Å². The molecule has 0 unspecified atom stereocenters. The van der Waals surface area contributed by atoms with E-state index in [0.717, 1.165) is 12.1 Å². The standard InChI is InChI=1S/C14H22N4O3/c1-10(2)18(3)7-6-15-14(21)17-9-11-4-5-12(13(19)20)16-8-11/h4-5,8,10H,6-7,9H2,1-3H3,(H,19,20)(H2,15,17,21). The van der Waals surface area contributed by atoms with Gasteiger partial charge in [-0.3, -0.25) is 0 Å². The summed E-state index contributed by atoms with van der Waals surface area (Å²) in [5.41, 5.74) is 0.731. The van der Waals surface area contributed by atoms with Gasteiger partial charge < -0.3 is 20.6 Å². The summed E-state index contributed by atoms with van der Waals surface area (Å²) in [7, 11) is 2.00. The average molecular weight is 294 g/mol. The van der Waals surface area contributed by atoms with E-state index < -0.39 is 5.97 Å². The number of carboxylic acid groups (broad SMARTS) is 1. The lowest BCUT2D eigenvalue weighted by Crippen LogP contribution is -2.40. The fourth-order valence-electron chi connectivity index (χ4n) is 1.50. The number of nitrogens with one attached hydrogen (secondary N) is 2. The van der Waals surface area contributed by atoms with Gasteiger partial charge in [0.2, 0.25) is 0 Å². The first-order valence-electron chi connectivity index (χ1n) is 6.80. The minimum Gasteiger partial charge on any atom is -0.477 e. The molecule has 0 aliphatic carbocycles. The molecule has 2 amide bonds. The van der Waals surface area contributed by atoms with Gasteiger partial charge in [0.15, 0.2) is 0 Å². The number of carboxylic acids is 1. The fraction of sp³-hybridized carbons (Fsp3) is 0.500. The van der Waals surface area contributed by atoms with Gasteiger partial charge in [-0.25, -0.2) is 14.6 Å². The van der Waals surface area contributed by atoms with Crippen LogP contribution in [0.4, 0.5) is 4.79 Å². The lowest BCUT2D eigenvalue weighted by Gasteiger charge is -2.20. The van der Waals surface area contributed by atoms with Crippen LogP contribution in [0.5, 0.6) is 0 Å². The van der Waals surface area contributed by atoms with E-state index >= 15 is 0 Å². The third-order valence-electron chi connectivity index (χ3n) is 3.13. The Kier molecular flexibility index (Phi) is 6.61. The summed E-state index contributed by atoms with van der Waals surface area (Å²) in [6.45, 7) is 5.83. The number of rotatable bonds is 7. The molecule has 3 N–H and O–H groups in total. The van der Waals surface area contributed by atoms with Crippen LogP contribution < -0.4 is 10.6 Å². The molecule has 0 radical (unpaired) electrons. The molecular formula is C14H22N4O3. The second kappa shape index (κ2) is 8.21. The van der Waals surface area contributed by atoms with Crippen molar-refractivity contribution in [2.45, 2.75) is 26.4 Å². The summed E-state index contributed by atoms with van der Waals surface area (Å²) in [6.07, 6.45) is 1.44. The molecule has 0 aliphatic heterocycles. The summed E-state index contributed by atoms with van der Waals surface area (Å²) in [5, 5.41) is 14.2. The Morgan fingerprint density at radius 3 is 2.57 bits per heavy atom. The van der Waals surface area contributed by atoms with Gasteiger partial charge in [0.1, 0.15) is 5.69 Å². The van der Waals surface area contributed by atoms with Gasteiger partial charge in [-0.2, -0.15) is 0 Å². The molecule has 0 spiro atoms. The second-order valence-electron chi connectivity index (χ2n) is 5.04. The normalized spacial score (nSPS) is 10.7. The Morgan fingerprint density at radius 1 is 1.33 bits per heavy atom. The van der Waals surface area contributed by atoms with Gasteiger partial charge in [0.05, 0.1) is 0 Å². The van der Waals surface area contributed by atoms with Crippen LogP contribution in [0, 0.1) is 0 Å². The number of pyridine rings is 1. The van der Waals surface area contributed by atoms with Gasteiger partial charge in [0.25, 0.3) is 0 Å². The largest absolute Gasteiger partial charge is 0.477 e. The zero-order valence-electron chi connectivity index (χ0n) is 12.6. The number of likely N-dealkylation sites (N-methyl/N-ethyl adjacent to an activating group) is 1. The maximum atomic E-state index is 11.6. The quantitative estimate of drug-likeness (QED) is 0.695. The Morgan fingerprint density at radius 2 is 2.05 bits per heavy atom. The molecule has 1 aromatic heterocycles. The molecule has 21 heavy (non-hydrogen) atoms. The number of amides is 2. The van der Waals surface area contributed by atoms with Crippen molar-refractivity contribution in [1.29, 1.82) is 0 Å². The van der Waals surface area contributed by atoms with Crippen molar-refractivity contribution in [3.63, 3.8) is 0 Å². The molecule has 0 atom stereocenters. The van der Waals surface area contributed by atoms with E-state index in [4.69, 9.17) is 5.11 Å². The van der Waals surface area contributed by atoms with Gasteiger partial charge in [-0.05, 0) is 32.5 Å². The Balaban J connectivity index is 2.28. The molecule has 0 saturated heterocycles. The van der Waals surface area contributed by atoms with E-state index in [0.29, 0.717) is 19.1 Å². The van der Waals surface area contributed by atoms with Crippen molar-refractivity contribution in [3.8, 4) is 0 Å². The lowest BCUT2D eigenvalue weighted by atomic mass is 10.2. The zero-order chi connectivity index (χ0) is 15.8. The maximum Gasteiger partial charge on any atom is 0.354 e. The average Bonchev–Trinajstić information content (AvgIpc) is 2.45. The first kappa shape index (κ1) is 16.9. The molecule has 1 aromatic rings. The van der Waals surface area contributed by atoms with E-state index in [1.165, 1.54) is 12.3 Å². The van der Waals surface area contributed by atoms with E-state index in [1.807, 2.05) is 7.05 Å².